The number of aromatic nitrogens is 3. The number of nitrogens with two attached hydrogens (primary N) is 1. The van der Waals surface area contributed by atoms with E-state index in [1.807, 2.05) is 30.3 Å². The lowest BCUT2D eigenvalue weighted by molar-refractivity contribution is 0.612. The van der Waals surface area contributed by atoms with Crippen LogP contribution in [0.1, 0.15) is 0 Å². The number of rotatable bonds is 3. The normalized spacial score (nSPS) is 10.4. The van der Waals surface area contributed by atoms with Gasteiger partial charge in [-0.2, -0.15) is 9.67 Å². The molecule has 0 fully saturated rings. The molecule has 0 aliphatic heterocycles. The molecule has 0 atom stereocenters. The first-order valence-corrected chi connectivity index (χ1v) is 6.03. The summed E-state index contributed by atoms with van der Waals surface area (Å²) >= 11 is 0. The highest BCUT2D eigenvalue weighted by molar-refractivity contribution is 5.54. The van der Waals surface area contributed by atoms with Crippen LogP contribution in [-0.2, 0) is 0 Å². The number of halogens is 1. The summed E-state index contributed by atoms with van der Waals surface area (Å²) in [6.45, 7) is 0. The van der Waals surface area contributed by atoms with Crippen LogP contribution in [0, 0.1) is 5.82 Å². The van der Waals surface area contributed by atoms with Crippen LogP contribution in [0.3, 0.4) is 0 Å². The second-order valence-corrected chi connectivity index (χ2v) is 4.15. The lowest BCUT2D eigenvalue weighted by Gasteiger charge is -2.03. The minimum atomic E-state index is -0.407. The topological polar surface area (TPSA) is 68.8 Å². The highest BCUT2D eigenvalue weighted by Crippen LogP contribution is 2.19. The van der Waals surface area contributed by atoms with E-state index >= 15 is 0 Å². The van der Waals surface area contributed by atoms with Crippen LogP contribution in [-0.4, -0.2) is 14.8 Å². The molecule has 0 saturated heterocycles. The fraction of sp³-hybridized carbons (Fsp3) is 0. The maximum atomic E-state index is 13.7. The Morgan fingerprint density at radius 3 is 2.45 bits per heavy atom. The van der Waals surface area contributed by atoms with Gasteiger partial charge in [0.2, 0.25) is 11.9 Å². The van der Waals surface area contributed by atoms with Crippen molar-refractivity contribution in [3.63, 3.8) is 0 Å². The van der Waals surface area contributed by atoms with Crippen LogP contribution in [0.15, 0.2) is 54.6 Å². The molecule has 100 valence electrons. The Balaban J connectivity index is 1.94. The van der Waals surface area contributed by atoms with Crippen molar-refractivity contribution < 1.29 is 4.39 Å². The molecule has 0 saturated carbocycles. The third-order valence-corrected chi connectivity index (χ3v) is 2.74. The van der Waals surface area contributed by atoms with E-state index in [0.717, 1.165) is 5.69 Å². The largest absolute Gasteiger partial charge is 0.368 e. The molecule has 0 aliphatic carbocycles. The summed E-state index contributed by atoms with van der Waals surface area (Å²) in [6, 6.07) is 15.7. The summed E-state index contributed by atoms with van der Waals surface area (Å²) in [5, 5.41) is 7.17. The second-order valence-electron chi connectivity index (χ2n) is 4.15. The summed E-state index contributed by atoms with van der Waals surface area (Å²) in [5.74, 6) is 0.0286. The number of para-hydroxylation sites is 2. The van der Waals surface area contributed by atoms with Crippen LogP contribution in [0.25, 0.3) is 5.69 Å². The zero-order chi connectivity index (χ0) is 13.9. The Bertz CT molecular complexity index is 723. The molecular formula is C14H12FN5. The maximum absolute atomic E-state index is 13.7. The second kappa shape index (κ2) is 5.00. The molecule has 0 radical (unpaired) electrons. The summed E-state index contributed by atoms with van der Waals surface area (Å²) in [7, 11) is 0. The Kier molecular flexibility index (Phi) is 3.04. The number of benzene rings is 2. The van der Waals surface area contributed by atoms with Crippen molar-refractivity contribution in [2.45, 2.75) is 0 Å². The van der Waals surface area contributed by atoms with Crippen molar-refractivity contribution in [2.24, 2.45) is 0 Å². The van der Waals surface area contributed by atoms with Crippen molar-refractivity contribution in [2.75, 3.05) is 11.1 Å². The molecule has 2 aromatic carbocycles. The summed E-state index contributed by atoms with van der Waals surface area (Å²) in [5.41, 5.74) is 6.87. The number of hydrogen-bond donors (Lipinski definition) is 2. The molecule has 0 unspecified atom stereocenters. The van der Waals surface area contributed by atoms with Crippen molar-refractivity contribution >= 4 is 17.6 Å². The Morgan fingerprint density at radius 2 is 1.70 bits per heavy atom. The molecule has 5 nitrogen and oxygen atoms in total. The molecule has 0 spiro atoms. The summed E-state index contributed by atoms with van der Waals surface area (Å²) in [4.78, 5) is 4.08. The van der Waals surface area contributed by atoms with Crippen LogP contribution < -0.4 is 11.1 Å². The molecule has 1 heterocycles. The highest BCUT2D eigenvalue weighted by atomic mass is 19.1. The van der Waals surface area contributed by atoms with Gasteiger partial charge in [-0.3, -0.25) is 0 Å². The molecule has 20 heavy (non-hydrogen) atoms. The van der Waals surface area contributed by atoms with E-state index in [-0.39, 0.29) is 11.6 Å². The number of hydrogen-bond acceptors (Lipinski definition) is 4. The third-order valence-electron chi connectivity index (χ3n) is 2.74. The minimum Gasteiger partial charge on any atom is -0.368 e. The summed E-state index contributed by atoms with van der Waals surface area (Å²) in [6.07, 6.45) is 0. The Hall–Kier alpha value is -2.89. The van der Waals surface area contributed by atoms with Gasteiger partial charge in [0.1, 0.15) is 11.5 Å². The maximum Gasteiger partial charge on any atom is 0.248 e. The van der Waals surface area contributed by atoms with Crippen LogP contribution in [0.4, 0.5) is 22.0 Å². The number of nitrogen functional groups attached to an aromatic ring is 1. The van der Waals surface area contributed by atoms with Crippen molar-refractivity contribution in [1.82, 2.24) is 14.8 Å². The van der Waals surface area contributed by atoms with Gasteiger partial charge in [-0.1, -0.05) is 30.3 Å². The van der Waals surface area contributed by atoms with Crippen molar-refractivity contribution in [3.8, 4) is 5.69 Å². The SMILES string of the molecule is Nc1nc(Nc2ccccc2)nn1-c1ccccc1F. The fourth-order valence-electron chi connectivity index (χ4n) is 1.83. The van der Waals surface area contributed by atoms with E-state index in [0.29, 0.717) is 5.95 Å². The van der Waals surface area contributed by atoms with Crippen LogP contribution in [0.5, 0.6) is 0 Å². The summed E-state index contributed by atoms with van der Waals surface area (Å²) < 4.78 is 15.0. The van der Waals surface area contributed by atoms with Gasteiger partial charge in [0.25, 0.3) is 0 Å². The first kappa shape index (κ1) is 12.2. The van der Waals surface area contributed by atoms with E-state index < -0.39 is 5.82 Å². The fourth-order valence-corrected chi connectivity index (χ4v) is 1.83. The van der Waals surface area contributed by atoms with E-state index in [1.165, 1.54) is 10.7 Å². The van der Waals surface area contributed by atoms with Gasteiger partial charge in [-0.05, 0) is 24.3 Å². The van der Waals surface area contributed by atoms with Crippen LogP contribution in [0.2, 0.25) is 0 Å². The number of nitrogens with zero attached hydrogens (tertiary/aromatic N) is 3. The Labute approximate surface area is 114 Å². The lowest BCUT2D eigenvalue weighted by atomic mass is 10.3. The van der Waals surface area contributed by atoms with Gasteiger partial charge in [-0.15, -0.1) is 5.10 Å². The Morgan fingerprint density at radius 1 is 1.00 bits per heavy atom. The monoisotopic (exact) mass is 269 g/mol. The molecule has 0 aliphatic rings. The zero-order valence-electron chi connectivity index (χ0n) is 10.5. The minimum absolute atomic E-state index is 0.119. The lowest BCUT2D eigenvalue weighted by Crippen LogP contribution is -2.04. The number of anilines is 3. The average molecular weight is 269 g/mol. The van der Waals surface area contributed by atoms with E-state index in [1.54, 1.807) is 18.2 Å². The van der Waals surface area contributed by atoms with Gasteiger partial charge in [0.05, 0.1) is 0 Å². The molecule has 3 N–H and O–H groups in total. The predicted molar refractivity (Wildman–Crippen MR) is 75.5 cm³/mol. The van der Waals surface area contributed by atoms with Gasteiger partial charge >= 0.3 is 0 Å². The van der Waals surface area contributed by atoms with E-state index in [9.17, 15) is 4.39 Å². The molecule has 6 heteroatoms. The molecule has 3 rings (SSSR count). The smallest absolute Gasteiger partial charge is 0.248 e. The molecule has 0 amide bonds. The van der Waals surface area contributed by atoms with Gasteiger partial charge in [0.15, 0.2) is 0 Å². The molecule has 0 bridgehead atoms. The highest BCUT2D eigenvalue weighted by Gasteiger charge is 2.11. The van der Waals surface area contributed by atoms with Gasteiger partial charge < -0.3 is 11.1 Å². The van der Waals surface area contributed by atoms with Crippen molar-refractivity contribution in [3.05, 3.63) is 60.4 Å². The standard InChI is InChI=1S/C14H12FN5/c15-11-8-4-5-9-12(11)20-13(16)18-14(19-20)17-10-6-2-1-3-7-10/h1-9H,(H3,16,17,18,19). The molecule has 3 aromatic rings. The number of nitrogens with one attached hydrogen (secondary N) is 1. The average Bonchev–Trinajstić information content (AvgIpc) is 2.81. The van der Waals surface area contributed by atoms with Crippen LogP contribution >= 0.6 is 0 Å². The first-order valence-electron chi connectivity index (χ1n) is 6.03. The molecular weight excluding hydrogens is 257 g/mol. The first-order chi connectivity index (χ1) is 9.74. The zero-order valence-corrected chi connectivity index (χ0v) is 10.5. The molecule has 1 aromatic heterocycles. The van der Waals surface area contributed by atoms with Gasteiger partial charge in [0, 0.05) is 5.69 Å². The predicted octanol–water partition coefficient (Wildman–Crippen LogP) is 2.73. The van der Waals surface area contributed by atoms with Gasteiger partial charge in [-0.25, -0.2) is 4.39 Å². The third kappa shape index (κ3) is 2.31. The van der Waals surface area contributed by atoms with E-state index in [2.05, 4.69) is 15.4 Å². The quantitative estimate of drug-likeness (QED) is 0.767. The van der Waals surface area contributed by atoms with E-state index in [4.69, 9.17) is 5.73 Å². The van der Waals surface area contributed by atoms with Crippen molar-refractivity contribution in [1.29, 1.82) is 0 Å².